The molecule has 0 aromatic carbocycles. The molecule has 0 radical (unpaired) electrons. The Morgan fingerprint density at radius 1 is 1.50 bits per heavy atom. The average Bonchev–Trinajstić information content (AvgIpc) is 2.96. The predicted molar refractivity (Wildman–Crippen MR) is 75.9 cm³/mol. The summed E-state index contributed by atoms with van der Waals surface area (Å²) in [6, 6.07) is 0.508. The Hall–Kier alpha value is -1.56. The van der Waals surface area contributed by atoms with Gasteiger partial charge in [-0.25, -0.2) is 4.79 Å². The normalized spacial score (nSPS) is 16.1. The largest absolute Gasteiger partial charge is 0.461 e. The Morgan fingerprint density at radius 3 is 2.90 bits per heavy atom. The monoisotopic (exact) mass is 281 g/mol. The molecule has 1 aliphatic heterocycles. The number of piperidine rings is 1. The highest BCUT2D eigenvalue weighted by atomic mass is 16.5. The molecule has 2 heterocycles. The minimum absolute atomic E-state index is 0.241. The Kier molecular flexibility index (Phi) is 5.40. The second-order valence-corrected chi connectivity index (χ2v) is 4.97. The number of nitrogens with one attached hydrogen (secondary N) is 1. The van der Waals surface area contributed by atoms with E-state index >= 15 is 0 Å². The molecule has 20 heavy (non-hydrogen) atoms. The van der Waals surface area contributed by atoms with Gasteiger partial charge in [-0.05, 0) is 45.7 Å². The van der Waals surface area contributed by atoms with Gasteiger partial charge in [0, 0.05) is 13.1 Å². The molecule has 0 unspecified atom stereocenters. The number of anilines is 1. The second kappa shape index (κ2) is 7.28. The first-order valence-electron chi connectivity index (χ1n) is 7.32. The SMILES string of the molecule is CCOC(=O)c1coc(N(CC)CC2CCNCC2)n1. The van der Waals surface area contributed by atoms with E-state index in [1.807, 2.05) is 0 Å². The van der Waals surface area contributed by atoms with Gasteiger partial charge in [0.1, 0.15) is 6.26 Å². The van der Waals surface area contributed by atoms with E-state index in [0.29, 0.717) is 18.5 Å². The first-order chi connectivity index (χ1) is 9.74. The van der Waals surface area contributed by atoms with Crippen LogP contribution in [-0.2, 0) is 4.74 Å². The van der Waals surface area contributed by atoms with Crippen molar-refractivity contribution in [2.45, 2.75) is 26.7 Å². The molecule has 0 bridgehead atoms. The van der Waals surface area contributed by atoms with Gasteiger partial charge < -0.3 is 19.4 Å². The third kappa shape index (κ3) is 3.72. The Bertz CT molecular complexity index is 427. The quantitative estimate of drug-likeness (QED) is 0.800. The summed E-state index contributed by atoms with van der Waals surface area (Å²) in [5.41, 5.74) is 0.241. The van der Waals surface area contributed by atoms with Gasteiger partial charge in [-0.3, -0.25) is 0 Å². The van der Waals surface area contributed by atoms with E-state index in [4.69, 9.17) is 9.15 Å². The number of hydrogen-bond acceptors (Lipinski definition) is 6. The summed E-state index contributed by atoms with van der Waals surface area (Å²) in [7, 11) is 0. The van der Waals surface area contributed by atoms with Gasteiger partial charge in [0.15, 0.2) is 5.69 Å². The topological polar surface area (TPSA) is 67.6 Å². The van der Waals surface area contributed by atoms with E-state index in [1.165, 1.54) is 19.1 Å². The number of oxazole rings is 1. The van der Waals surface area contributed by atoms with Crippen LogP contribution in [0.1, 0.15) is 37.2 Å². The van der Waals surface area contributed by atoms with Gasteiger partial charge in [-0.15, -0.1) is 0 Å². The molecule has 6 heteroatoms. The lowest BCUT2D eigenvalue weighted by Crippen LogP contribution is -2.36. The molecule has 1 aliphatic rings. The highest BCUT2D eigenvalue weighted by molar-refractivity contribution is 5.87. The Balaban J connectivity index is 1.98. The predicted octanol–water partition coefficient (Wildman–Crippen LogP) is 1.68. The van der Waals surface area contributed by atoms with Crippen LogP contribution in [-0.4, -0.2) is 43.7 Å². The summed E-state index contributed by atoms with van der Waals surface area (Å²) in [5.74, 6) is 0.217. The van der Waals surface area contributed by atoms with Crippen LogP contribution in [0.15, 0.2) is 10.7 Å². The fourth-order valence-corrected chi connectivity index (χ4v) is 2.43. The number of esters is 1. The molecule has 6 nitrogen and oxygen atoms in total. The number of carbonyl (C=O) groups excluding carboxylic acids is 1. The number of ether oxygens (including phenoxy) is 1. The number of hydrogen-bond donors (Lipinski definition) is 1. The van der Waals surface area contributed by atoms with Crippen LogP contribution in [0.3, 0.4) is 0 Å². The minimum Gasteiger partial charge on any atom is -0.461 e. The van der Waals surface area contributed by atoms with Gasteiger partial charge in [0.25, 0.3) is 6.01 Å². The molecule has 1 saturated heterocycles. The van der Waals surface area contributed by atoms with Crippen molar-refractivity contribution in [3.8, 4) is 0 Å². The molecular formula is C14H23N3O3. The summed E-state index contributed by atoms with van der Waals surface area (Å²) >= 11 is 0. The van der Waals surface area contributed by atoms with Crippen LogP contribution in [0.25, 0.3) is 0 Å². The number of carbonyl (C=O) groups is 1. The van der Waals surface area contributed by atoms with Crippen LogP contribution in [0.4, 0.5) is 6.01 Å². The van der Waals surface area contributed by atoms with E-state index in [1.54, 1.807) is 6.92 Å². The zero-order chi connectivity index (χ0) is 14.4. The van der Waals surface area contributed by atoms with Gasteiger partial charge in [-0.1, -0.05) is 0 Å². The molecule has 112 valence electrons. The molecule has 1 fully saturated rings. The first kappa shape index (κ1) is 14.8. The molecule has 0 atom stereocenters. The van der Waals surface area contributed by atoms with Crippen molar-refractivity contribution in [1.29, 1.82) is 0 Å². The van der Waals surface area contributed by atoms with Crippen molar-refractivity contribution in [2.75, 3.05) is 37.7 Å². The highest BCUT2D eigenvalue weighted by Gasteiger charge is 2.21. The van der Waals surface area contributed by atoms with E-state index in [9.17, 15) is 4.79 Å². The molecule has 0 aliphatic carbocycles. The smallest absolute Gasteiger partial charge is 0.360 e. The first-order valence-corrected chi connectivity index (χ1v) is 7.32. The van der Waals surface area contributed by atoms with Crippen LogP contribution in [0.5, 0.6) is 0 Å². The molecule has 0 amide bonds. The van der Waals surface area contributed by atoms with E-state index in [2.05, 4.69) is 22.1 Å². The summed E-state index contributed by atoms with van der Waals surface area (Å²) < 4.78 is 10.3. The standard InChI is InChI=1S/C14H23N3O3/c1-3-17(9-11-5-7-15-8-6-11)14-16-12(10-20-14)13(18)19-4-2/h10-11,15H,3-9H2,1-2H3. The lowest BCUT2D eigenvalue weighted by molar-refractivity contribution is 0.0519. The number of aromatic nitrogens is 1. The van der Waals surface area contributed by atoms with Crippen molar-refractivity contribution < 1.29 is 13.9 Å². The Labute approximate surface area is 119 Å². The fraction of sp³-hybridized carbons (Fsp3) is 0.714. The maximum atomic E-state index is 11.6. The van der Waals surface area contributed by atoms with Crippen LogP contribution < -0.4 is 10.2 Å². The van der Waals surface area contributed by atoms with Gasteiger partial charge in [0.05, 0.1) is 6.61 Å². The fourth-order valence-electron chi connectivity index (χ4n) is 2.43. The Morgan fingerprint density at radius 2 is 2.25 bits per heavy atom. The van der Waals surface area contributed by atoms with Crippen LogP contribution in [0.2, 0.25) is 0 Å². The molecule has 0 saturated carbocycles. The number of nitrogens with zero attached hydrogens (tertiary/aromatic N) is 2. The third-order valence-electron chi connectivity index (χ3n) is 3.57. The van der Waals surface area contributed by atoms with Gasteiger partial charge in [0.2, 0.25) is 0 Å². The van der Waals surface area contributed by atoms with E-state index in [0.717, 1.165) is 26.2 Å². The van der Waals surface area contributed by atoms with Gasteiger partial charge in [-0.2, -0.15) is 4.98 Å². The van der Waals surface area contributed by atoms with Gasteiger partial charge >= 0.3 is 5.97 Å². The summed E-state index contributed by atoms with van der Waals surface area (Å²) in [6.45, 7) is 8.05. The van der Waals surface area contributed by atoms with E-state index in [-0.39, 0.29) is 5.69 Å². The molecule has 1 aromatic heterocycles. The van der Waals surface area contributed by atoms with Crippen LogP contribution in [0, 0.1) is 5.92 Å². The van der Waals surface area contributed by atoms with Crippen molar-refractivity contribution >= 4 is 12.0 Å². The molecule has 1 aromatic rings. The summed E-state index contributed by atoms with van der Waals surface area (Å²) in [6.07, 6.45) is 3.71. The maximum absolute atomic E-state index is 11.6. The molecule has 1 N–H and O–H groups in total. The molecule has 0 spiro atoms. The average molecular weight is 281 g/mol. The summed E-state index contributed by atoms with van der Waals surface area (Å²) in [4.78, 5) is 17.9. The maximum Gasteiger partial charge on any atom is 0.360 e. The number of rotatable bonds is 6. The lowest BCUT2D eigenvalue weighted by Gasteiger charge is -2.28. The zero-order valence-corrected chi connectivity index (χ0v) is 12.2. The lowest BCUT2D eigenvalue weighted by atomic mass is 9.98. The summed E-state index contributed by atoms with van der Waals surface area (Å²) in [5, 5.41) is 3.36. The van der Waals surface area contributed by atoms with Crippen molar-refractivity contribution in [1.82, 2.24) is 10.3 Å². The second-order valence-electron chi connectivity index (χ2n) is 4.97. The third-order valence-corrected chi connectivity index (χ3v) is 3.57. The minimum atomic E-state index is -0.430. The van der Waals surface area contributed by atoms with Crippen molar-refractivity contribution in [2.24, 2.45) is 5.92 Å². The van der Waals surface area contributed by atoms with Crippen LogP contribution >= 0.6 is 0 Å². The van der Waals surface area contributed by atoms with Crippen molar-refractivity contribution in [3.63, 3.8) is 0 Å². The van der Waals surface area contributed by atoms with Crippen molar-refractivity contribution in [3.05, 3.63) is 12.0 Å². The molecule has 2 rings (SSSR count). The highest BCUT2D eigenvalue weighted by Crippen LogP contribution is 2.19. The van der Waals surface area contributed by atoms with E-state index < -0.39 is 5.97 Å². The molecular weight excluding hydrogens is 258 g/mol. The zero-order valence-electron chi connectivity index (χ0n) is 12.2.